The van der Waals surface area contributed by atoms with Crippen LogP contribution in [0.15, 0.2) is 26.9 Å². The molecule has 0 radical (unpaired) electrons. The van der Waals surface area contributed by atoms with Gasteiger partial charge in [0.1, 0.15) is 5.69 Å². The zero-order chi connectivity index (χ0) is 21.7. The molecule has 1 fully saturated rings. The number of hydrogen-bond donors (Lipinski definition) is 1. The normalized spacial score (nSPS) is 18.3. The van der Waals surface area contributed by atoms with Gasteiger partial charge in [-0.15, -0.1) is 11.3 Å². The Morgan fingerprint density at radius 3 is 2.93 bits per heavy atom. The summed E-state index contributed by atoms with van der Waals surface area (Å²) in [5, 5.41) is 8.78. The Labute approximate surface area is 182 Å². The zero-order valence-electron chi connectivity index (χ0n) is 17.6. The van der Waals surface area contributed by atoms with Gasteiger partial charge in [-0.1, -0.05) is 25.1 Å². The molecule has 1 aliphatic heterocycles. The number of sulfonamides is 1. The fourth-order valence-electron chi connectivity index (χ4n) is 3.47. The summed E-state index contributed by atoms with van der Waals surface area (Å²) in [5.41, 5.74) is 0.323. The second kappa shape index (κ2) is 9.89. The van der Waals surface area contributed by atoms with Crippen molar-refractivity contribution in [1.29, 1.82) is 0 Å². The minimum absolute atomic E-state index is 0.0737. The summed E-state index contributed by atoms with van der Waals surface area (Å²) in [6, 6.07) is 3.86. The van der Waals surface area contributed by atoms with Crippen LogP contribution in [0, 0.1) is 18.8 Å². The summed E-state index contributed by atoms with van der Waals surface area (Å²) in [5.74, 6) is 0.302. The number of carbonyl (C=O) groups is 1. The number of carbonyl (C=O) groups excluding carboxylic acids is 1. The van der Waals surface area contributed by atoms with Crippen LogP contribution in [-0.4, -0.2) is 43.4 Å². The smallest absolute Gasteiger partial charge is 0.248 e. The van der Waals surface area contributed by atoms with Crippen LogP contribution in [0.2, 0.25) is 0 Å². The summed E-state index contributed by atoms with van der Waals surface area (Å²) in [4.78, 5) is 13.6. The van der Waals surface area contributed by atoms with E-state index in [0.717, 1.165) is 11.3 Å². The summed E-state index contributed by atoms with van der Waals surface area (Å²) in [7, 11) is -3.82. The molecule has 0 bridgehead atoms. The monoisotopic (exact) mass is 451 g/mol. The van der Waals surface area contributed by atoms with Crippen molar-refractivity contribution in [3.05, 3.63) is 33.8 Å². The van der Waals surface area contributed by atoms with Gasteiger partial charge in [-0.25, -0.2) is 8.42 Å². The predicted molar refractivity (Wildman–Crippen MR) is 118 cm³/mol. The second-order valence-corrected chi connectivity index (χ2v) is 10.8. The molecule has 7 nitrogen and oxygen atoms in total. The number of amides is 1. The Kier molecular flexibility index (Phi) is 7.49. The van der Waals surface area contributed by atoms with Crippen LogP contribution in [0.3, 0.4) is 0 Å². The maximum absolute atomic E-state index is 13.4. The molecule has 0 aromatic carbocycles. The van der Waals surface area contributed by atoms with E-state index in [1.807, 2.05) is 23.6 Å². The number of piperidine rings is 1. The number of hydrogen-bond acceptors (Lipinski definition) is 6. The molecule has 2 aromatic heterocycles. The van der Waals surface area contributed by atoms with Gasteiger partial charge in [0.2, 0.25) is 15.9 Å². The molecule has 1 saturated heterocycles. The highest BCUT2D eigenvalue weighted by Gasteiger charge is 2.36. The second-order valence-electron chi connectivity index (χ2n) is 7.99. The van der Waals surface area contributed by atoms with E-state index in [4.69, 9.17) is 4.52 Å². The van der Waals surface area contributed by atoms with Crippen molar-refractivity contribution in [1.82, 2.24) is 14.8 Å². The summed E-state index contributed by atoms with van der Waals surface area (Å²) >= 11 is 1.55. The summed E-state index contributed by atoms with van der Waals surface area (Å²) < 4.78 is 33.5. The number of nitrogens with zero attached hydrogens (tertiary/aromatic N) is 2. The lowest BCUT2D eigenvalue weighted by atomic mass is 9.98. The number of nitrogens with one attached hydrogen (secondary N) is 1. The molecule has 0 saturated carbocycles. The third kappa shape index (κ3) is 5.39. The average molecular weight is 452 g/mol. The van der Waals surface area contributed by atoms with Crippen molar-refractivity contribution in [3.63, 3.8) is 0 Å². The standard InChI is InChI=1S/C21H29N3O4S2/c1-15(2)10-11-22-21(25)17-6-4-12-24(14-17)30(26,27)20-16(3)23-28-19(20)9-8-18-7-5-13-29-18/h5,7-9,13,15,17H,4,6,10-12,14H2,1-3H3,(H,22,25). The Balaban J connectivity index is 1.75. The van der Waals surface area contributed by atoms with Crippen LogP contribution in [-0.2, 0) is 14.8 Å². The molecule has 164 valence electrons. The van der Waals surface area contributed by atoms with Crippen molar-refractivity contribution in [2.75, 3.05) is 19.6 Å². The molecular weight excluding hydrogens is 422 g/mol. The summed E-state index contributed by atoms with van der Waals surface area (Å²) in [6.45, 7) is 7.01. The van der Waals surface area contributed by atoms with Crippen LogP contribution < -0.4 is 5.32 Å². The van der Waals surface area contributed by atoms with Crippen LogP contribution in [0.1, 0.15) is 49.4 Å². The van der Waals surface area contributed by atoms with Gasteiger partial charge < -0.3 is 9.84 Å². The molecule has 1 N–H and O–H groups in total. The number of aryl methyl sites for hydroxylation is 1. The first-order valence-corrected chi connectivity index (χ1v) is 12.6. The average Bonchev–Trinajstić information content (AvgIpc) is 3.35. The van der Waals surface area contributed by atoms with Crippen molar-refractivity contribution in [2.45, 2.75) is 44.9 Å². The Bertz CT molecular complexity index is 978. The quantitative estimate of drug-likeness (QED) is 0.659. The number of aromatic nitrogens is 1. The van der Waals surface area contributed by atoms with Gasteiger partial charge in [0, 0.05) is 24.5 Å². The molecule has 1 unspecified atom stereocenters. The van der Waals surface area contributed by atoms with Gasteiger partial charge in [0.05, 0.1) is 5.92 Å². The van der Waals surface area contributed by atoms with Gasteiger partial charge in [0.25, 0.3) is 0 Å². The molecule has 1 aliphatic rings. The molecule has 3 rings (SSSR count). The molecule has 3 heterocycles. The maximum Gasteiger partial charge on any atom is 0.248 e. The highest BCUT2D eigenvalue weighted by molar-refractivity contribution is 7.89. The minimum Gasteiger partial charge on any atom is -0.356 e. The number of rotatable bonds is 8. The molecule has 9 heteroatoms. The van der Waals surface area contributed by atoms with Gasteiger partial charge >= 0.3 is 0 Å². The van der Waals surface area contributed by atoms with Gasteiger partial charge in [-0.05, 0) is 55.7 Å². The molecule has 30 heavy (non-hydrogen) atoms. The van der Waals surface area contributed by atoms with E-state index in [9.17, 15) is 13.2 Å². The highest BCUT2D eigenvalue weighted by Crippen LogP contribution is 2.29. The minimum atomic E-state index is -3.82. The molecule has 0 spiro atoms. The molecule has 1 atom stereocenters. The van der Waals surface area contributed by atoms with Crippen LogP contribution in [0.25, 0.3) is 12.2 Å². The van der Waals surface area contributed by atoms with E-state index in [0.29, 0.717) is 37.5 Å². The first-order valence-electron chi connectivity index (χ1n) is 10.2. The number of thiophene rings is 1. The molecule has 2 aromatic rings. The zero-order valence-corrected chi connectivity index (χ0v) is 19.3. The largest absolute Gasteiger partial charge is 0.356 e. The van der Waals surface area contributed by atoms with Gasteiger partial charge in [0.15, 0.2) is 10.7 Å². The van der Waals surface area contributed by atoms with Gasteiger partial charge in [-0.2, -0.15) is 4.31 Å². The lowest BCUT2D eigenvalue weighted by Gasteiger charge is -2.31. The van der Waals surface area contributed by atoms with E-state index >= 15 is 0 Å². The fourth-order valence-corrected chi connectivity index (χ4v) is 5.87. The first kappa shape index (κ1) is 22.7. The third-order valence-corrected chi connectivity index (χ3v) is 8.01. The summed E-state index contributed by atoms with van der Waals surface area (Å²) in [6.07, 6.45) is 5.68. The predicted octanol–water partition coefficient (Wildman–Crippen LogP) is 3.78. The van der Waals surface area contributed by atoms with E-state index in [1.54, 1.807) is 24.3 Å². The van der Waals surface area contributed by atoms with E-state index in [-0.39, 0.29) is 29.0 Å². The Morgan fingerprint density at radius 1 is 1.43 bits per heavy atom. The van der Waals surface area contributed by atoms with E-state index in [1.165, 1.54) is 4.31 Å². The lowest BCUT2D eigenvalue weighted by molar-refractivity contribution is -0.126. The van der Waals surface area contributed by atoms with Crippen LogP contribution >= 0.6 is 11.3 Å². The lowest BCUT2D eigenvalue weighted by Crippen LogP contribution is -2.45. The topological polar surface area (TPSA) is 92.5 Å². The Morgan fingerprint density at radius 2 is 2.23 bits per heavy atom. The van der Waals surface area contributed by atoms with Crippen molar-refractivity contribution >= 4 is 39.4 Å². The first-order chi connectivity index (χ1) is 14.3. The van der Waals surface area contributed by atoms with Gasteiger partial charge in [-0.3, -0.25) is 4.79 Å². The van der Waals surface area contributed by atoms with E-state index in [2.05, 4.69) is 24.3 Å². The highest BCUT2D eigenvalue weighted by atomic mass is 32.2. The van der Waals surface area contributed by atoms with Crippen molar-refractivity contribution in [2.24, 2.45) is 11.8 Å². The van der Waals surface area contributed by atoms with Crippen molar-refractivity contribution < 1.29 is 17.7 Å². The molecule has 1 amide bonds. The SMILES string of the molecule is Cc1noc(C=Cc2cccs2)c1S(=O)(=O)N1CCCC(C(=O)NCCC(C)C)C1. The maximum atomic E-state index is 13.4. The van der Waals surface area contributed by atoms with Crippen LogP contribution in [0.5, 0.6) is 0 Å². The third-order valence-electron chi connectivity index (χ3n) is 5.15. The molecular formula is C21H29N3O4S2. The van der Waals surface area contributed by atoms with E-state index < -0.39 is 10.0 Å². The molecule has 0 aliphatic carbocycles. The fraction of sp³-hybridized carbons (Fsp3) is 0.524. The van der Waals surface area contributed by atoms with Crippen LogP contribution in [0.4, 0.5) is 0 Å². The van der Waals surface area contributed by atoms with Crippen molar-refractivity contribution in [3.8, 4) is 0 Å². The Hall–Kier alpha value is -1.97.